The zero-order valence-corrected chi connectivity index (χ0v) is 14.6. The Morgan fingerprint density at radius 2 is 1.92 bits per heavy atom. The number of hydrogen-bond donors (Lipinski definition) is 2. The molecule has 0 aromatic heterocycles. The molecule has 3 rings (SSSR count). The molecule has 2 aromatic rings. The first-order valence-electron chi connectivity index (χ1n) is 7.67. The van der Waals surface area contributed by atoms with Crippen LogP contribution in [0.2, 0.25) is 10.0 Å². The SMILES string of the molecule is O=C1NC[C@H](c2ccccc2)[C@H]1C(=O)NN=Cc1ccc(Cl)c(Cl)c1. The molecule has 2 aromatic carbocycles. The van der Waals surface area contributed by atoms with Crippen LogP contribution in [0, 0.1) is 5.92 Å². The van der Waals surface area contributed by atoms with Gasteiger partial charge in [-0.15, -0.1) is 0 Å². The Hall–Kier alpha value is -2.37. The van der Waals surface area contributed by atoms with E-state index in [4.69, 9.17) is 23.2 Å². The maximum Gasteiger partial charge on any atom is 0.253 e. The lowest BCUT2D eigenvalue weighted by molar-refractivity contribution is -0.133. The Bertz CT molecular complexity index is 824. The van der Waals surface area contributed by atoms with Crippen LogP contribution in [0.3, 0.4) is 0 Å². The number of carbonyl (C=O) groups is 2. The fourth-order valence-electron chi connectivity index (χ4n) is 2.77. The Kier molecular flexibility index (Phi) is 5.36. The summed E-state index contributed by atoms with van der Waals surface area (Å²) < 4.78 is 0. The Labute approximate surface area is 155 Å². The molecule has 1 fully saturated rings. The van der Waals surface area contributed by atoms with Gasteiger partial charge < -0.3 is 5.32 Å². The minimum atomic E-state index is -0.812. The fourth-order valence-corrected chi connectivity index (χ4v) is 3.07. The van der Waals surface area contributed by atoms with Gasteiger partial charge >= 0.3 is 0 Å². The van der Waals surface area contributed by atoms with Gasteiger partial charge in [-0.2, -0.15) is 5.10 Å². The number of benzene rings is 2. The molecule has 25 heavy (non-hydrogen) atoms. The largest absolute Gasteiger partial charge is 0.355 e. The van der Waals surface area contributed by atoms with Crippen molar-refractivity contribution in [3.05, 3.63) is 69.7 Å². The summed E-state index contributed by atoms with van der Waals surface area (Å²) in [6, 6.07) is 14.5. The smallest absolute Gasteiger partial charge is 0.253 e. The molecule has 0 saturated carbocycles. The van der Waals surface area contributed by atoms with E-state index in [0.29, 0.717) is 22.2 Å². The molecule has 1 aliphatic heterocycles. The lowest BCUT2D eigenvalue weighted by atomic mass is 9.88. The highest BCUT2D eigenvalue weighted by Crippen LogP contribution is 2.29. The highest BCUT2D eigenvalue weighted by atomic mass is 35.5. The number of rotatable bonds is 4. The van der Waals surface area contributed by atoms with Crippen molar-refractivity contribution in [1.82, 2.24) is 10.7 Å². The number of carbonyl (C=O) groups excluding carboxylic acids is 2. The zero-order chi connectivity index (χ0) is 17.8. The van der Waals surface area contributed by atoms with E-state index in [1.807, 2.05) is 30.3 Å². The first-order valence-corrected chi connectivity index (χ1v) is 8.42. The van der Waals surface area contributed by atoms with Crippen molar-refractivity contribution in [2.24, 2.45) is 11.0 Å². The zero-order valence-electron chi connectivity index (χ0n) is 13.1. The van der Waals surface area contributed by atoms with Crippen LogP contribution in [0.4, 0.5) is 0 Å². The van der Waals surface area contributed by atoms with Gasteiger partial charge in [-0.3, -0.25) is 9.59 Å². The summed E-state index contributed by atoms with van der Waals surface area (Å²) in [7, 11) is 0. The Balaban J connectivity index is 1.69. The molecule has 1 aliphatic rings. The van der Waals surface area contributed by atoms with Gasteiger partial charge in [0.25, 0.3) is 5.91 Å². The maximum atomic E-state index is 12.4. The van der Waals surface area contributed by atoms with Crippen LogP contribution in [-0.2, 0) is 9.59 Å². The maximum absolute atomic E-state index is 12.4. The first kappa shape index (κ1) is 17.5. The van der Waals surface area contributed by atoms with Crippen molar-refractivity contribution in [2.75, 3.05) is 6.54 Å². The van der Waals surface area contributed by atoms with E-state index >= 15 is 0 Å². The van der Waals surface area contributed by atoms with Gasteiger partial charge in [0.2, 0.25) is 5.91 Å². The van der Waals surface area contributed by atoms with Crippen molar-refractivity contribution in [3.63, 3.8) is 0 Å². The molecule has 0 bridgehead atoms. The molecule has 0 unspecified atom stereocenters. The molecule has 7 heteroatoms. The summed E-state index contributed by atoms with van der Waals surface area (Å²) in [5.41, 5.74) is 4.06. The van der Waals surface area contributed by atoms with E-state index in [1.54, 1.807) is 18.2 Å². The Morgan fingerprint density at radius 3 is 2.64 bits per heavy atom. The predicted octanol–water partition coefficient (Wildman–Crippen LogP) is 2.97. The van der Waals surface area contributed by atoms with Gasteiger partial charge in [0.1, 0.15) is 5.92 Å². The van der Waals surface area contributed by atoms with E-state index in [0.717, 1.165) is 5.56 Å². The molecule has 0 radical (unpaired) electrons. The van der Waals surface area contributed by atoms with Crippen molar-refractivity contribution in [2.45, 2.75) is 5.92 Å². The van der Waals surface area contributed by atoms with E-state index in [-0.39, 0.29) is 11.8 Å². The highest BCUT2D eigenvalue weighted by molar-refractivity contribution is 6.42. The van der Waals surface area contributed by atoms with Crippen LogP contribution in [0.1, 0.15) is 17.0 Å². The topological polar surface area (TPSA) is 70.6 Å². The van der Waals surface area contributed by atoms with Crippen molar-refractivity contribution < 1.29 is 9.59 Å². The van der Waals surface area contributed by atoms with E-state index in [2.05, 4.69) is 15.8 Å². The van der Waals surface area contributed by atoms with Crippen molar-refractivity contribution >= 4 is 41.2 Å². The molecule has 5 nitrogen and oxygen atoms in total. The molecule has 0 aliphatic carbocycles. The quantitative estimate of drug-likeness (QED) is 0.489. The summed E-state index contributed by atoms with van der Waals surface area (Å²) in [6.07, 6.45) is 1.45. The second kappa shape index (κ2) is 7.68. The third kappa shape index (κ3) is 4.00. The van der Waals surface area contributed by atoms with Gasteiger partial charge in [-0.1, -0.05) is 59.6 Å². The first-order chi connectivity index (χ1) is 12.1. The van der Waals surface area contributed by atoms with E-state index in [9.17, 15) is 9.59 Å². The second-order valence-corrected chi connectivity index (χ2v) is 6.46. The third-order valence-corrected chi connectivity index (χ3v) is 4.76. The molecule has 2 atom stereocenters. The molecule has 2 amide bonds. The van der Waals surface area contributed by atoms with Crippen LogP contribution in [-0.4, -0.2) is 24.6 Å². The molecule has 128 valence electrons. The summed E-state index contributed by atoms with van der Waals surface area (Å²) >= 11 is 11.8. The predicted molar refractivity (Wildman–Crippen MR) is 97.9 cm³/mol. The molecule has 2 N–H and O–H groups in total. The van der Waals surface area contributed by atoms with Gasteiger partial charge in [-0.05, 0) is 23.3 Å². The Morgan fingerprint density at radius 1 is 1.16 bits per heavy atom. The number of hydrogen-bond acceptors (Lipinski definition) is 3. The number of hydrazone groups is 1. The standard InChI is InChI=1S/C18H15Cl2N3O2/c19-14-7-6-11(8-15(14)20)9-22-23-18(25)16-13(10-21-17(16)24)12-4-2-1-3-5-12/h1-9,13,16H,10H2,(H,21,24)(H,23,25)/t13-,16-/m1/s1. The minimum Gasteiger partial charge on any atom is -0.355 e. The minimum absolute atomic E-state index is 0.214. The van der Waals surface area contributed by atoms with Crippen LogP contribution in [0.25, 0.3) is 0 Å². The van der Waals surface area contributed by atoms with Crippen LogP contribution < -0.4 is 10.7 Å². The monoisotopic (exact) mass is 375 g/mol. The normalized spacial score (nSPS) is 19.8. The molecule has 1 saturated heterocycles. The van der Waals surface area contributed by atoms with Crippen molar-refractivity contribution in [3.8, 4) is 0 Å². The van der Waals surface area contributed by atoms with E-state index < -0.39 is 11.8 Å². The summed E-state index contributed by atoms with van der Waals surface area (Å²) in [4.78, 5) is 24.5. The second-order valence-electron chi connectivity index (χ2n) is 5.65. The van der Waals surface area contributed by atoms with Crippen molar-refractivity contribution in [1.29, 1.82) is 0 Å². The molecular formula is C18H15Cl2N3O2. The number of nitrogens with zero attached hydrogens (tertiary/aromatic N) is 1. The number of nitrogens with one attached hydrogen (secondary N) is 2. The van der Waals surface area contributed by atoms with Crippen LogP contribution in [0.15, 0.2) is 53.6 Å². The average molecular weight is 376 g/mol. The van der Waals surface area contributed by atoms with Crippen LogP contribution in [0.5, 0.6) is 0 Å². The van der Waals surface area contributed by atoms with Gasteiger partial charge in [0.15, 0.2) is 0 Å². The highest BCUT2D eigenvalue weighted by Gasteiger charge is 2.40. The summed E-state index contributed by atoms with van der Waals surface area (Å²) in [5, 5.41) is 7.49. The molecule has 1 heterocycles. The number of amides is 2. The van der Waals surface area contributed by atoms with Gasteiger partial charge in [-0.25, -0.2) is 5.43 Å². The van der Waals surface area contributed by atoms with Crippen LogP contribution >= 0.6 is 23.2 Å². The fraction of sp³-hybridized carbons (Fsp3) is 0.167. The summed E-state index contributed by atoms with van der Waals surface area (Å²) in [5.74, 6) is -1.77. The third-order valence-electron chi connectivity index (χ3n) is 4.02. The van der Waals surface area contributed by atoms with Gasteiger partial charge in [0.05, 0.1) is 16.3 Å². The number of halogens is 2. The lowest BCUT2D eigenvalue weighted by Crippen LogP contribution is -2.34. The summed E-state index contributed by atoms with van der Waals surface area (Å²) in [6.45, 7) is 0.428. The molecular weight excluding hydrogens is 361 g/mol. The van der Waals surface area contributed by atoms with Gasteiger partial charge in [0, 0.05) is 12.5 Å². The molecule has 0 spiro atoms. The lowest BCUT2D eigenvalue weighted by Gasteiger charge is -2.15. The average Bonchev–Trinajstić information content (AvgIpc) is 3.00. The van der Waals surface area contributed by atoms with E-state index in [1.165, 1.54) is 6.21 Å².